The van der Waals surface area contributed by atoms with Gasteiger partial charge in [-0.3, -0.25) is 0 Å². The van der Waals surface area contributed by atoms with E-state index in [4.69, 9.17) is 4.52 Å². The van der Waals surface area contributed by atoms with E-state index in [-0.39, 0.29) is 0 Å². The highest BCUT2D eigenvalue weighted by Gasteiger charge is 2.07. The van der Waals surface area contributed by atoms with Gasteiger partial charge in [-0.15, -0.1) is 0 Å². The van der Waals surface area contributed by atoms with E-state index in [1.54, 1.807) is 18.3 Å². The molecule has 0 spiro atoms. The third kappa shape index (κ3) is 2.85. The Morgan fingerprint density at radius 1 is 1.50 bits per heavy atom. The maximum absolute atomic E-state index is 11.3. The van der Waals surface area contributed by atoms with Gasteiger partial charge in [0.25, 0.3) is 0 Å². The molecule has 0 saturated heterocycles. The lowest BCUT2D eigenvalue weighted by Gasteiger charge is -2.04. The first-order valence-corrected chi connectivity index (χ1v) is 5.39. The summed E-state index contributed by atoms with van der Waals surface area (Å²) in [5.74, 6) is 0.944. The zero-order valence-electron chi connectivity index (χ0n) is 10.1. The molecule has 0 unspecified atom stereocenters. The Balaban J connectivity index is 2.03. The molecule has 0 fully saturated rings. The predicted octanol–water partition coefficient (Wildman–Crippen LogP) is 1.78. The van der Waals surface area contributed by atoms with Gasteiger partial charge in [0.2, 0.25) is 0 Å². The Hall–Kier alpha value is -2.37. The van der Waals surface area contributed by atoms with E-state index in [9.17, 15) is 4.79 Å². The Labute approximate surface area is 104 Å². The SMILES string of the molecule is COC(=O)c1ccnc(NCc2cc(C)on2)c1. The second-order valence-corrected chi connectivity index (χ2v) is 3.70. The first-order valence-electron chi connectivity index (χ1n) is 5.39. The average Bonchev–Trinajstić information content (AvgIpc) is 2.81. The highest BCUT2D eigenvalue weighted by Crippen LogP contribution is 2.10. The van der Waals surface area contributed by atoms with Crippen LogP contribution in [0.4, 0.5) is 5.82 Å². The normalized spacial score (nSPS) is 10.1. The van der Waals surface area contributed by atoms with Crippen molar-refractivity contribution in [1.29, 1.82) is 0 Å². The lowest BCUT2D eigenvalue weighted by Crippen LogP contribution is -2.05. The second kappa shape index (κ2) is 5.31. The van der Waals surface area contributed by atoms with Crippen LogP contribution in [0, 0.1) is 6.92 Å². The summed E-state index contributed by atoms with van der Waals surface area (Å²) in [6.07, 6.45) is 1.54. The first-order chi connectivity index (χ1) is 8.69. The minimum Gasteiger partial charge on any atom is -0.465 e. The van der Waals surface area contributed by atoms with Gasteiger partial charge in [-0.05, 0) is 19.1 Å². The zero-order chi connectivity index (χ0) is 13.0. The second-order valence-electron chi connectivity index (χ2n) is 3.70. The van der Waals surface area contributed by atoms with Crippen molar-refractivity contribution >= 4 is 11.8 Å². The number of anilines is 1. The van der Waals surface area contributed by atoms with Gasteiger partial charge < -0.3 is 14.6 Å². The topological polar surface area (TPSA) is 77.2 Å². The predicted molar refractivity (Wildman–Crippen MR) is 64.1 cm³/mol. The molecule has 6 heteroatoms. The van der Waals surface area contributed by atoms with Gasteiger partial charge in [0.05, 0.1) is 19.2 Å². The van der Waals surface area contributed by atoms with Crippen molar-refractivity contribution in [2.24, 2.45) is 0 Å². The maximum Gasteiger partial charge on any atom is 0.338 e. The molecular formula is C12H13N3O3. The van der Waals surface area contributed by atoms with Crippen LogP contribution in [0.15, 0.2) is 28.9 Å². The Morgan fingerprint density at radius 3 is 3.00 bits per heavy atom. The molecule has 1 N–H and O–H groups in total. The number of methoxy groups -OCH3 is 1. The van der Waals surface area contributed by atoms with Crippen LogP contribution in [-0.4, -0.2) is 23.2 Å². The van der Waals surface area contributed by atoms with E-state index in [1.165, 1.54) is 7.11 Å². The molecule has 0 aliphatic heterocycles. The van der Waals surface area contributed by atoms with Crippen LogP contribution in [0.1, 0.15) is 21.8 Å². The van der Waals surface area contributed by atoms with Crippen molar-refractivity contribution in [3.8, 4) is 0 Å². The number of hydrogen-bond acceptors (Lipinski definition) is 6. The molecular weight excluding hydrogens is 234 g/mol. The lowest BCUT2D eigenvalue weighted by molar-refractivity contribution is 0.0600. The van der Waals surface area contributed by atoms with Crippen molar-refractivity contribution in [1.82, 2.24) is 10.1 Å². The first kappa shape index (κ1) is 12.1. The largest absolute Gasteiger partial charge is 0.465 e. The fourth-order valence-corrected chi connectivity index (χ4v) is 1.45. The quantitative estimate of drug-likeness (QED) is 0.830. The number of carbonyl (C=O) groups is 1. The van der Waals surface area contributed by atoms with Gasteiger partial charge >= 0.3 is 5.97 Å². The number of aromatic nitrogens is 2. The molecule has 2 rings (SSSR count). The highest BCUT2D eigenvalue weighted by molar-refractivity contribution is 5.89. The molecule has 18 heavy (non-hydrogen) atoms. The number of aryl methyl sites for hydroxylation is 1. The number of rotatable bonds is 4. The number of carbonyl (C=O) groups excluding carboxylic acids is 1. The molecule has 0 aliphatic carbocycles. The zero-order valence-corrected chi connectivity index (χ0v) is 10.1. The molecule has 0 atom stereocenters. The number of esters is 1. The summed E-state index contributed by atoms with van der Waals surface area (Å²) in [6, 6.07) is 5.05. The number of ether oxygens (including phenoxy) is 1. The summed E-state index contributed by atoms with van der Waals surface area (Å²) in [4.78, 5) is 15.4. The minimum atomic E-state index is -0.391. The standard InChI is InChI=1S/C12H13N3O3/c1-8-5-10(15-18-8)7-14-11-6-9(3-4-13-11)12(16)17-2/h3-6H,7H2,1-2H3,(H,13,14). The van der Waals surface area contributed by atoms with E-state index >= 15 is 0 Å². The summed E-state index contributed by atoms with van der Waals surface area (Å²) >= 11 is 0. The molecule has 6 nitrogen and oxygen atoms in total. The van der Waals surface area contributed by atoms with E-state index in [2.05, 4.69) is 20.2 Å². The van der Waals surface area contributed by atoms with E-state index in [0.29, 0.717) is 17.9 Å². The highest BCUT2D eigenvalue weighted by atomic mass is 16.5. The van der Waals surface area contributed by atoms with Gasteiger partial charge in [0.1, 0.15) is 17.3 Å². The fraction of sp³-hybridized carbons (Fsp3) is 0.250. The van der Waals surface area contributed by atoms with Crippen molar-refractivity contribution < 1.29 is 14.1 Å². The third-order valence-electron chi connectivity index (χ3n) is 2.31. The summed E-state index contributed by atoms with van der Waals surface area (Å²) in [5, 5.41) is 6.90. The van der Waals surface area contributed by atoms with Crippen LogP contribution in [0.25, 0.3) is 0 Å². The van der Waals surface area contributed by atoms with Crippen LogP contribution in [0.2, 0.25) is 0 Å². The van der Waals surface area contributed by atoms with E-state index in [0.717, 1.165) is 11.5 Å². The van der Waals surface area contributed by atoms with Gasteiger partial charge in [-0.1, -0.05) is 5.16 Å². The molecule has 0 saturated carbocycles. The van der Waals surface area contributed by atoms with Crippen molar-refractivity contribution in [3.63, 3.8) is 0 Å². The van der Waals surface area contributed by atoms with Gasteiger partial charge in [0.15, 0.2) is 0 Å². The van der Waals surface area contributed by atoms with Crippen LogP contribution >= 0.6 is 0 Å². The Kier molecular flexibility index (Phi) is 3.57. The van der Waals surface area contributed by atoms with Crippen molar-refractivity contribution in [2.45, 2.75) is 13.5 Å². The number of nitrogens with zero attached hydrogens (tertiary/aromatic N) is 2. The van der Waals surface area contributed by atoms with Crippen LogP contribution in [0.3, 0.4) is 0 Å². The van der Waals surface area contributed by atoms with Crippen LogP contribution in [0.5, 0.6) is 0 Å². The van der Waals surface area contributed by atoms with Gasteiger partial charge in [-0.25, -0.2) is 9.78 Å². The maximum atomic E-state index is 11.3. The Bertz CT molecular complexity index is 551. The molecule has 94 valence electrons. The van der Waals surface area contributed by atoms with Gasteiger partial charge in [0, 0.05) is 12.3 Å². The van der Waals surface area contributed by atoms with Crippen molar-refractivity contribution in [2.75, 3.05) is 12.4 Å². The van der Waals surface area contributed by atoms with E-state index in [1.807, 2.05) is 13.0 Å². The summed E-state index contributed by atoms with van der Waals surface area (Å²) in [6.45, 7) is 2.31. The van der Waals surface area contributed by atoms with Crippen LogP contribution < -0.4 is 5.32 Å². The molecule has 0 aromatic carbocycles. The molecule has 0 radical (unpaired) electrons. The summed E-state index contributed by atoms with van der Waals surface area (Å²) in [7, 11) is 1.34. The average molecular weight is 247 g/mol. The third-order valence-corrected chi connectivity index (χ3v) is 2.31. The molecule has 0 bridgehead atoms. The Morgan fingerprint density at radius 2 is 2.33 bits per heavy atom. The summed E-state index contributed by atoms with van der Waals surface area (Å²) in [5.41, 5.74) is 1.23. The molecule has 0 aliphatic rings. The minimum absolute atomic E-state index is 0.391. The van der Waals surface area contributed by atoms with Crippen molar-refractivity contribution in [3.05, 3.63) is 41.4 Å². The number of pyridine rings is 1. The smallest absolute Gasteiger partial charge is 0.338 e. The summed E-state index contributed by atoms with van der Waals surface area (Å²) < 4.78 is 9.58. The molecule has 0 amide bonds. The van der Waals surface area contributed by atoms with E-state index < -0.39 is 5.97 Å². The monoisotopic (exact) mass is 247 g/mol. The number of nitrogens with one attached hydrogen (secondary N) is 1. The molecule has 2 aromatic rings. The fourth-order valence-electron chi connectivity index (χ4n) is 1.45. The molecule has 2 heterocycles. The van der Waals surface area contributed by atoms with Gasteiger partial charge in [-0.2, -0.15) is 0 Å². The lowest BCUT2D eigenvalue weighted by atomic mass is 10.2. The number of hydrogen-bond donors (Lipinski definition) is 1. The van der Waals surface area contributed by atoms with Crippen LogP contribution in [-0.2, 0) is 11.3 Å². The molecule has 2 aromatic heterocycles.